The molecule has 0 aromatic carbocycles. The predicted octanol–water partition coefficient (Wildman–Crippen LogP) is 9.97. The molecule has 0 rings (SSSR count). The van der Waals surface area contributed by atoms with Gasteiger partial charge < -0.3 is 34.2 Å². The van der Waals surface area contributed by atoms with Crippen LogP contribution in [0.3, 0.4) is 0 Å². The molecule has 1 unspecified atom stereocenters. The molecule has 0 heterocycles. The number of phosphoric acid groups is 1. The molecule has 336 valence electrons. The fourth-order valence-corrected chi connectivity index (χ4v) is 6.32. The lowest BCUT2D eigenvalue weighted by Crippen LogP contribution is -2.37. The number of carbonyl (C=O) groups excluding carboxylic acids is 1. The maximum absolute atomic E-state index is 12.5. The number of aliphatic hydroxyl groups is 3. The molecule has 0 aliphatic heterocycles. The normalized spacial score (nSPS) is 16.0. The zero-order chi connectivity index (χ0) is 43.2. The number of phosphoric ester groups is 1. The molecule has 0 aromatic rings. The van der Waals surface area contributed by atoms with E-state index in [1.807, 2.05) is 46.3 Å². The predicted molar refractivity (Wildman–Crippen MR) is 237 cm³/mol. The molecule has 12 heteroatoms. The van der Waals surface area contributed by atoms with Gasteiger partial charge in [-0.25, -0.2) is 4.57 Å². The summed E-state index contributed by atoms with van der Waals surface area (Å²) >= 11 is 0. The molecule has 0 saturated carbocycles. The fraction of sp³-hybridized carbons (Fsp3) is 0.717. The number of hydrogen-bond acceptors (Lipinski definition) is 9. The van der Waals surface area contributed by atoms with Crippen molar-refractivity contribution >= 4 is 13.8 Å². The van der Waals surface area contributed by atoms with E-state index < -0.39 is 38.2 Å². The Morgan fingerprint density at radius 2 is 1.26 bits per heavy atom. The van der Waals surface area contributed by atoms with Gasteiger partial charge in [-0.1, -0.05) is 158 Å². The van der Waals surface area contributed by atoms with Crippen molar-refractivity contribution < 1.29 is 52.6 Å². The number of rotatable bonds is 39. The van der Waals surface area contributed by atoms with Crippen LogP contribution in [0.15, 0.2) is 73.1 Å². The fourth-order valence-electron chi connectivity index (χ4n) is 5.58. The summed E-state index contributed by atoms with van der Waals surface area (Å²) in [5, 5.41) is 30.5. The van der Waals surface area contributed by atoms with Gasteiger partial charge in [0.25, 0.3) is 0 Å². The highest BCUT2D eigenvalue weighted by Gasteiger charge is 2.26. The molecule has 0 bridgehead atoms. The summed E-state index contributed by atoms with van der Waals surface area (Å²) in [6.07, 6.45) is 38.4. The summed E-state index contributed by atoms with van der Waals surface area (Å²) in [6, 6.07) is 0. The summed E-state index contributed by atoms with van der Waals surface area (Å²) in [5.74, 6) is -0.530. The van der Waals surface area contributed by atoms with Gasteiger partial charge in [-0.3, -0.25) is 13.8 Å². The van der Waals surface area contributed by atoms with Crippen LogP contribution in [-0.4, -0.2) is 103 Å². The third-order valence-corrected chi connectivity index (χ3v) is 10.2. The molecule has 0 aliphatic carbocycles. The van der Waals surface area contributed by atoms with Gasteiger partial charge >= 0.3 is 13.8 Å². The van der Waals surface area contributed by atoms with Crippen LogP contribution in [0.4, 0.5) is 0 Å². The van der Waals surface area contributed by atoms with Crippen LogP contribution in [0, 0.1) is 0 Å². The van der Waals surface area contributed by atoms with Crippen molar-refractivity contribution in [2.24, 2.45) is 0 Å². The van der Waals surface area contributed by atoms with E-state index in [2.05, 4.69) is 6.92 Å². The maximum Gasteiger partial charge on any atom is 0.472 e. The number of carbonyl (C=O) groups is 1. The third kappa shape index (κ3) is 39.1. The van der Waals surface area contributed by atoms with Gasteiger partial charge in [0.15, 0.2) is 6.10 Å². The number of aliphatic hydroxyl groups excluding tert-OH is 3. The smallest absolute Gasteiger partial charge is 0.472 e. The second-order valence-electron chi connectivity index (χ2n) is 16.0. The molecule has 58 heavy (non-hydrogen) atoms. The quantitative estimate of drug-likeness (QED) is 0.00895. The van der Waals surface area contributed by atoms with E-state index in [4.69, 9.17) is 18.5 Å². The zero-order valence-electron chi connectivity index (χ0n) is 36.8. The first-order valence-corrected chi connectivity index (χ1v) is 23.5. The number of likely N-dealkylation sites (N-methyl/N-ethyl adjacent to an activating group) is 1. The molecular weight excluding hydrogens is 757 g/mol. The Balaban J connectivity index is 4.62. The lowest BCUT2D eigenvalue weighted by Gasteiger charge is -2.24. The minimum atomic E-state index is -4.35. The van der Waals surface area contributed by atoms with E-state index in [0.29, 0.717) is 17.4 Å². The number of allylic oxidation sites excluding steroid dienone is 8. The number of hydrogen-bond donors (Lipinski definition) is 4. The van der Waals surface area contributed by atoms with Crippen molar-refractivity contribution in [1.82, 2.24) is 0 Å². The molecule has 0 radical (unpaired) electrons. The van der Waals surface area contributed by atoms with Crippen molar-refractivity contribution in [2.75, 3.05) is 47.5 Å². The van der Waals surface area contributed by atoms with E-state index in [9.17, 15) is 29.6 Å². The first kappa shape index (κ1) is 55.7. The number of nitrogens with zero attached hydrogens (tertiary/aromatic N) is 1. The Bertz CT molecular complexity index is 1210. The maximum atomic E-state index is 12.5. The lowest BCUT2D eigenvalue weighted by atomic mass is 10.0. The van der Waals surface area contributed by atoms with E-state index in [-0.39, 0.29) is 39.1 Å². The van der Waals surface area contributed by atoms with Crippen LogP contribution in [-0.2, 0) is 27.9 Å². The minimum absolute atomic E-state index is 0.00446. The van der Waals surface area contributed by atoms with Gasteiger partial charge in [-0.2, -0.15) is 0 Å². The third-order valence-electron chi connectivity index (χ3n) is 9.21. The molecule has 0 saturated heterocycles. The molecule has 0 amide bonds. The van der Waals surface area contributed by atoms with Crippen LogP contribution in [0.5, 0.6) is 0 Å². The van der Waals surface area contributed by atoms with Crippen LogP contribution in [0.2, 0.25) is 0 Å². The topological polar surface area (TPSA) is 152 Å². The standard InChI is InChI=1S/C46H82NO10P/c1-6-8-10-11-12-13-14-15-16-17-18-19-20-23-26-30-38-54-43(41-57-58(52,53)56-39-37-47(3,4)5)40-55-46(51)36-31-35-45(50)44(49)34-29-25-22-21-24-28-33-42(48)32-27-9-7-2/h9,21-22,24-25,27-30,33-34,38,42-45,48-50H,6-8,10-20,23,26,31-32,35-37,39-41H2,1-5H3/p+1/b24-21+,25-22-,27-9-,33-28+,34-29-,38-30+/t42-,43-,44+,45+/m1/s1. The van der Waals surface area contributed by atoms with E-state index in [1.54, 1.807) is 42.5 Å². The number of quaternary nitrogens is 1. The van der Waals surface area contributed by atoms with Gasteiger partial charge in [-0.15, -0.1) is 0 Å². The van der Waals surface area contributed by atoms with Crippen molar-refractivity contribution in [3.8, 4) is 0 Å². The van der Waals surface area contributed by atoms with Gasteiger partial charge in [0, 0.05) is 6.42 Å². The largest absolute Gasteiger partial charge is 0.492 e. The molecule has 0 spiro atoms. The Hall–Kier alpha value is -2.34. The van der Waals surface area contributed by atoms with Gasteiger partial charge in [-0.05, 0) is 44.6 Å². The van der Waals surface area contributed by atoms with Crippen molar-refractivity contribution in [3.05, 3.63) is 73.1 Å². The van der Waals surface area contributed by atoms with Gasteiger partial charge in [0.1, 0.15) is 19.8 Å². The Kier molecular flexibility index (Phi) is 36.1. The van der Waals surface area contributed by atoms with Crippen molar-refractivity contribution in [3.63, 3.8) is 0 Å². The Morgan fingerprint density at radius 3 is 1.84 bits per heavy atom. The Morgan fingerprint density at radius 1 is 0.690 bits per heavy atom. The molecule has 0 aromatic heterocycles. The van der Waals surface area contributed by atoms with E-state index in [0.717, 1.165) is 25.7 Å². The lowest BCUT2D eigenvalue weighted by molar-refractivity contribution is -0.870. The van der Waals surface area contributed by atoms with Crippen LogP contribution in [0.1, 0.15) is 142 Å². The van der Waals surface area contributed by atoms with Gasteiger partial charge in [0.2, 0.25) is 0 Å². The first-order chi connectivity index (χ1) is 27.8. The summed E-state index contributed by atoms with van der Waals surface area (Å²) in [5.41, 5.74) is 0. The SMILES string of the molecule is CC/C=C\C[C@@H](O)/C=C/C=C/C=C\C=C/[C@H](O)[C@@H](O)CCCC(=O)OC[C@H](COP(=O)(O)OCC[N+](C)(C)C)O/C=C/CCCCCCCCCCCCCCCC. The molecule has 4 N–H and O–H groups in total. The summed E-state index contributed by atoms with van der Waals surface area (Å²) in [6.45, 7) is 4.31. The second kappa shape index (κ2) is 37.6. The van der Waals surface area contributed by atoms with E-state index in [1.165, 1.54) is 89.4 Å². The first-order valence-electron chi connectivity index (χ1n) is 22.1. The van der Waals surface area contributed by atoms with Crippen LogP contribution >= 0.6 is 7.82 Å². The molecule has 0 aliphatic rings. The summed E-state index contributed by atoms with van der Waals surface area (Å²) < 4.78 is 34.5. The average molecular weight is 841 g/mol. The van der Waals surface area contributed by atoms with Crippen molar-refractivity contribution in [2.45, 2.75) is 167 Å². The number of esters is 1. The highest BCUT2D eigenvalue weighted by Crippen LogP contribution is 2.43. The van der Waals surface area contributed by atoms with Crippen LogP contribution < -0.4 is 0 Å². The number of ether oxygens (including phenoxy) is 2. The molecule has 11 nitrogen and oxygen atoms in total. The molecule has 5 atom stereocenters. The average Bonchev–Trinajstić information content (AvgIpc) is 3.17. The molecule has 0 fully saturated rings. The van der Waals surface area contributed by atoms with E-state index >= 15 is 0 Å². The highest BCUT2D eigenvalue weighted by atomic mass is 31.2. The molecular formula is C46H83NO10P+. The van der Waals surface area contributed by atoms with Gasteiger partial charge in [0.05, 0.1) is 52.3 Å². The second-order valence-corrected chi connectivity index (χ2v) is 17.4. The highest BCUT2D eigenvalue weighted by molar-refractivity contribution is 7.47. The monoisotopic (exact) mass is 841 g/mol. The van der Waals surface area contributed by atoms with Crippen molar-refractivity contribution in [1.29, 1.82) is 0 Å². The van der Waals surface area contributed by atoms with Crippen LogP contribution in [0.25, 0.3) is 0 Å². The number of unbranched alkanes of at least 4 members (excludes halogenated alkanes) is 14. The summed E-state index contributed by atoms with van der Waals surface area (Å²) in [4.78, 5) is 22.7. The minimum Gasteiger partial charge on any atom is -0.492 e. The summed E-state index contributed by atoms with van der Waals surface area (Å²) in [7, 11) is 1.47. The Labute approximate surface area is 352 Å². The zero-order valence-corrected chi connectivity index (χ0v) is 37.7.